The number of ether oxygens (including phenoxy) is 1. The van der Waals surface area contributed by atoms with Gasteiger partial charge in [-0.2, -0.15) is 0 Å². The zero-order chi connectivity index (χ0) is 15.5. The van der Waals surface area contributed by atoms with Crippen molar-refractivity contribution in [2.75, 3.05) is 32.6 Å². The number of carbonyl (C=O) groups is 1. The fourth-order valence-electron chi connectivity index (χ4n) is 2.15. The molecule has 1 aromatic rings. The molecule has 0 spiro atoms. The Labute approximate surface area is 125 Å². The third kappa shape index (κ3) is 3.81. The first-order valence-electron chi connectivity index (χ1n) is 6.82. The van der Waals surface area contributed by atoms with Crippen LogP contribution in [0.4, 0.5) is 5.69 Å². The van der Waals surface area contributed by atoms with E-state index >= 15 is 0 Å². The molecule has 2 rings (SSSR count). The number of hydrogen-bond acceptors (Lipinski definition) is 4. The maximum Gasteiger partial charge on any atom is 0.242 e. The monoisotopic (exact) mass is 312 g/mol. The van der Waals surface area contributed by atoms with Gasteiger partial charge in [-0.1, -0.05) is 6.07 Å². The normalized spacial score (nSPS) is 16.9. The number of sulfonamides is 1. The number of rotatable bonds is 4. The Balaban J connectivity index is 2.13. The smallest absolute Gasteiger partial charge is 0.242 e. The third-order valence-corrected chi connectivity index (χ3v) is 5.28. The van der Waals surface area contributed by atoms with Crippen LogP contribution in [0.25, 0.3) is 0 Å². The van der Waals surface area contributed by atoms with Crippen molar-refractivity contribution >= 4 is 21.6 Å². The predicted octanol–water partition coefficient (Wildman–Crippen LogP) is 1.30. The van der Waals surface area contributed by atoms with Crippen molar-refractivity contribution in [3.05, 3.63) is 24.3 Å². The van der Waals surface area contributed by atoms with Crippen LogP contribution in [0.2, 0.25) is 0 Å². The molecule has 1 N–H and O–H groups in total. The van der Waals surface area contributed by atoms with Gasteiger partial charge in [0.2, 0.25) is 15.9 Å². The van der Waals surface area contributed by atoms with E-state index in [1.807, 2.05) is 0 Å². The maximum absolute atomic E-state index is 12.1. The number of amides is 1. The highest BCUT2D eigenvalue weighted by molar-refractivity contribution is 7.89. The molecule has 0 aliphatic carbocycles. The molecule has 1 aliphatic heterocycles. The largest absolute Gasteiger partial charge is 0.381 e. The van der Waals surface area contributed by atoms with E-state index in [-0.39, 0.29) is 16.7 Å². The van der Waals surface area contributed by atoms with Gasteiger partial charge in [0.15, 0.2) is 0 Å². The lowest BCUT2D eigenvalue weighted by atomic mass is 9.99. The Morgan fingerprint density at radius 2 is 1.95 bits per heavy atom. The number of carbonyl (C=O) groups excluding carboxylic acids is 1. The molecule has 6 nitrogen and oxygen atoms in total. The van der Waals surface area contributed by atoms with Crippen LogP contribution in [0.15, 0.2) is 29.2 Å². The van der Waals surface area contributed by atoms with E-state index in [1.165, 1.54) is 26.2 Å². The summed E-state index contributed by atoms with van der Waals surface area (Å²) in [4.78, 5) is 12.3. The molecule has 1 amide bonds. The molecule has 0 radical (unpaired) electrons. The molecule has 0 unspecified atom stereocenters. The van der Waals surface area contributed by atoms with Gasteiger partial charge in [-0.25, -0.2) is 12.7 Å². The topological polar surface area (TPSA) is 75.7 Å². The van der Waals surface area contributed by atoms with Crippen molar-refractivity contribution in [1.82, 2.24) is 4.31 Å². The molecule has 1 saturated heterocycles. The summed E-state index contributed by atoms with van der Waals surface area (Å²) in [5.41, 5.74) is 0.495. The summed E-state index contributed by atoms with van der Waals surface area (Å²) in [5, 5.41) is 2.79. The number of anilines is 1. The molecular formula is C14H20N2O4S. The molecule has 1 fully saturated rings. The second-order valence-electron chi connectivity index (χ2n) is 5.19. The van der Waals surface area contributed by atoms with Gasteiger partial charge in [0.25, 0.3) is 0 Å². The Hall–Kier alpha value is -1.44. The van der Waals surface area contributed by atoms with E-state index in [0.29, 0.717) is 31.7 Å². The average Bonchev–Trinajstić information content (AvgIpc) is 2.48. The highest BCUT2D eigenvalue weighted by Gasteiger charge is 2.22. The molecule has 0 bridgehead atoms. The van der Waals surface area contributed by atoms with E-state index in [9.17, 15) is 13.2 Å². The molecule has 7 heteroatoms. The lowest BCUT2D eigenvalue weighted by Gasteiger charge is -2.21. The first-order chi connectivity index (χ1) is 9.91. The second kappa shape index (κ2) is 6.55. The van der Waals surface area contributed by atoms with E-state index < -0.39 is 10.0 Å². The van der Waals surface area contributed by atoms with E-state index in [2.05, 4.69) is 5.32 Å². The van der Waals surface area contributed by atoms with Gasteiger partial charge < -0.3 is 10.1 Å². The molecule has 1 aromatic carbocycles. The minimum atomic E-state index is -3.50. The standard InChI is InChI=1S/C14H20N2O4S/c1-16(2)21(18,19)13-5-3-4-12(10-13)15-14(17)11-6-8-20-9-7-11/h3-5,10-11H,6-9H2,1-2H3,(H,15,17). The number of hydrogen-bond donors (Lipinski definition) is 1. The second-order valence-corrected chi connectivity index (χ2v) is 7.34. The first kappa shape index (κ1) is 15.9. The van der Waals surface area contributed by atoms with Gasteiger partial charge in [-0.15, -0.1) is 0 Å². The quantitative estimate of drug-likeness (QED) is 0.909. The van der Waals surface area contributed by atoms with Crippen molar-refractivity contribution < 1.29 is 17.9 Å². The molecule has 21 heavy (non-hydrogen) atoms. The molecule has 0 atom stereocenters. The Morgan fingerprint density at radius 3 is 2.57 bits per heavy atom. The zero-order valence-corrected chi connectivity index (χ0v) is 13.0. The van der Waals surface area contributed by atoms with Gasteiger partial charge in [-0.3, -0.25) is 4.79 Å². The lowest BCUT2D eigenvalue weighted by molar-refractivity contribution is -0.122. The third-order valence-electron chi connectivity index (χ3n) is 3.47. The number of benzene rings is 1. The van der Waals surface area contributed by atoms with Gasteiger partial charge in [0.05, 0.1) is 4.90 Å². The van der Waals surface area contributed by atoms with Crippen LogP contribution in [-0.4, -0.2) is 45.9 Å². The maximum atomic E-state index is 12.1. The summed E-state index contributed by atoms with van der Waals surface area (Å²) in [5.74, 6) is -0.162. The van der Waals surface area contributed by atoms with Gasteiger partial charge in [-0.05, 0) is 31.0 Å². The fourth-order valence-corrected chi connectivity index (χ4v) is 3.10. The van der Waals surface area contributed by atoms with E-state index in [4.69, 9.17) is 4.74 Å². The van der Waals surface area contributed by atoms with Crippen LogP contribution in [0.5, 0.6) is 0 Å². The SMILES string of the molecule is CN(C)S(=O)(=O)c1cccc(NC(=O)C2CCOCC2)c1. The summed E-state index contributed by atoms with van der Waals surface area (Å²) < 4.78 is 30.5. The molecule has 0 aromatic heterocycles. The van der Waals surface area contributed by atoms with Crippen molar-refractivity contribution in [2.24, 2.45) is 5.92 Å². The molecule has 116 valence electrons. The average molecular weight is 312 g/mol. The number of nitrogens with one attached hydrogen (secondary N) is 1. The fraction of sp³-hybridized carbons (Fsp3) is 0.500. The van der Waals surface area contributed by atoms with E-state index in [1.54, 1.807) is 12.1 Å². The number of nitrogens with zero attached hydrogens (tertiary/aromatic N) is 1. The Kier molecular flexibility index (Phi) is 4.97. The highest BCUT2D eigenvalue weighted by Crippen LogP contribution is 2.21. The van der Waals surface area contributed by atoms with Gasteiger partial charge in [0.1, 0.15) is 0 Å². The minimum Gasteiger partial charge on any atom is -0.381 e. The molecule has 1 heterocycles. The van der Waals surface area contributed by atoms with Gasteiger partial charge >= 0.3 is 0 Å². The Morgan fingerprint density at radius 1 is 1.29 bits per heavy atom. The van der Waals surface area contributed by atoms with Crippen molar-refractivity contribution in [2.45, 2.75) is 17.7 Å². The summed E-state index contributed by atoms with van der Waals surface area (Å²) in [6.45, 7) is 1.18. The van der Waals surface area contributed by atoms with Crippen LogP contribution in [-0.2, 0) is 19.6 Å². The molecular weight excluding hydrogens is 292 g/mol. The molecule has 1 aliphatic rings. The van der Waals surface area contributed by atoms with Crippen LogP contribution >= 0.6 is 0 Å². The summed E-state index contributed by atoms with van der Waals surface area (Å²) >= 11 is 0. The summed E-state index contributed by atoms with van der Waals surface area (Å²) in [7, 11) is -0.548. The predicted molar refractivity (Wildman–Crippen MR) is 79.5 cm³/mol. The highest BCUT2D eigenvalue weighted by atomic mass is 32.2. The van der Waals surface area contributed by atoms with Crippen molar-refractivity contribution in [3.8, 4) is 0 Å². The summed E-state index contributed by atoms with van der Waals surface area (Å²) in [6, 6.07) is 6.30. The van der Waals surface area contributed by atoms with Crippen molar-refractivity contribution in [3.63, 3.8) is 0 Å². The van der Waals surface area contributed by atoms with Crippen LogP contribution in [0, 0.1) is 5.92 Å². The van der Waals surface area contributed by atoms with Crippen molar-refractivity contribution in [1.29, 1.82) is 0 Å². The molecule has 0 saturated carbocycles. The van der Waals surface area contributed by atoms with E-state index in [0.717, 1.165) is 4.31 Å². The van der Waals surface area contributed by atoms with Crippen LogP contribution in [0.1, 0.15) is 12.8 Å². The minimum absolute atomic E-state index is 0.0761. The first-order valence-corrected chi connectivity index (χ1v) is 8.26. The van der Waals surface area contributed by atoms with Crippen LogP contribution in [0.3, 0.4) is 0 Å². The van der Waals surface area contributed by atoms with Gasteiger partial charge in [0, 0.05) is 38.9 Å². The van der Waals surface area contributed by atoms with Crippen LogP contribution < -0.4 is 5.32 Å². The lowest BCUT2D eigenvalue weighted by Crippen LogP contribution is -2.28. The zero-order valence-electron chi connectivity index (χ0n) is 12.2. The Bertz CT molecular complexity index is 607. The summed E-state index contributed by atoms with van der Waals surface area (Å²) in [6.07, 6.45) is 1.39.